The Bertz CT molecular complexity index is 944. The summed E-state index contributed by atoms with van der Waals surface area (Å²) in [6.45, 7) is 0.261. The van der Waals surface area contributed by atoms with Crippen LogP contribution >= 0.6 is 0 Å². The minimum Gasteiger partial charge on any atom is -0.490 e. The second-order valence-corrected chi connectivity index (χ2v) is 5.26. The van der Waals surface area contributed by atoms with Gasteiger partial charge in [-0.15, -0.1) is 0 Å². The number of anilines is 1. The number of aromatic nitrogens is 2. The molecule has 3 rings (SSSR count). The number of carbonyl (C=O) groups is 2. The molecule has 2 amide bonds. The molecule has 0 aliphatic rings. The van der Waals surface area contributed by atoms with Gasteiger partial charge in [0.25, 0.3) is 0 Å². The molecule has 7 nitrogen and oxygen atoms in total. The minimum absolute atomic E-state index is 0.106. The SMILES string of the molecule is O=C(NCCOc1cccnc1)C(=O)Nc1c[nH]c2cc(F)c(F)cc12. The molecule has 0 atom stereocenters. The van der Waals surface area contributed by atoms with Gasteiger partial charge in [-0.1, -0.05) is 0 Å². The zero-order valence-electron chi connectivity index (χ0n) is 13.4. The van der Waals surface area contributed by atoms with Crippen LogP contribution in [-0.4, -0.2) is 34.9 Å². The molecule has 3 N–H and O–H groups in total. The maximum Gasteiger partial charge on any atom is 0.313 e. The quantitative estimate of drug-likeness (QED) is 0.479. The van der Waals surface area contributed by atoms with Gasteiger partial charge in [0, 0.05) is 23.8 Å². The highest BCUT2D eigenvalue weighted by Gasteiger charge is 2.16. The largest absolute Gasteiger partial charge is 0.490 e. The summed E-state index contributed by atoms with van der Waals surface area (Å²) in [7, 11) is 0. The summed E-state index contributed by atoms with van der Waals surface area (Å²) in [6, 6.07) is 5.32. The molecule has 0 unspecified atom stereocenters. The van der Waals surface area contributed by atoms with Gasteiger partial charge in [0.15, 0.2) is 11.6 Å². The lowest BCUT2D eigenvalue weighted by Crippen LogP contribution is -2.37. The van der Waals surface area contributed by atoms with E-state index in [1.165, 1.54) is 12.4 Å². The second-order valence-electron chi connectivity index (χ2n) is 5.26. The van der Waals surface area contributed by atoms with Crippen molar-refractivity contribution < 1.29 is 23.1 Å². The fourth-order valence-corrected chi connectivity index (χ4v) is 2.25. The average molecular weight is 360 g/mol. The zero-order valence-corrected chi connectivity index (χ0v) is 13.4. The van der Waals surface area contributed by atoms with Gasteiger partial charge in [0.2, 0.25) is 0 Å². The number of H-pyrrole nitrogens is 1. The van der Waals surface area contributed by atoms with Crippen molar-refractivity contribution in [2.24, 2.45) is 0 Å². The highest BCUT2D eigenvalue weighted by Crippen LogP contribution is 2.25. The number of nitrogens with one attached hydrogen (secondary N) is 3. The molecule has 0 aliphatic carbocycles. The third kappa shape index (κ3) is 3.94. The Balaban J connectivity index is 1.53. The second kappa shape index (κ2) is 7.60. The van der Waals surface area contributed by atoms with Crippen LogP contribution in [0.25, 0.3) is 10.9 Å². The lowest BCUT2D eigenvalue weighted by atomic mass is 10.2. The summed E-state index contributed by atoms with van der Waals surface area (Å²) in [4.78, 5) is 30.3. The fraction of sp³-hybridized carbons (Fsp3) is 0.118. The monoisotopic (exact) mass is 360 g/mol. The van der Waals surface area contributed by atoms with Gasteiger partial charge in [-0.3, -0.25) is 14.6 Å². The Morgan fingerprint density at radius 2 is 2.00 bits per heavy atom. The third-order valence-electron chi connectivity index (χ3n) is 3.47. The predicted octanol–water partition coefficient (Wildman–Crippen LogP) is 1.97. The maximum absolute atomic E-state index is 13.3. The van der Waals surface area contributed by atoms with Crippen LogP contribution in [0.1, 0.15) is 0 Å². The smallest absolute Gasteiger partial charge is 0.313 e. The van der Waals surface area contributed by atoms with Crippen LogP contribution in [0.2, 0.25) is 0 Å². The van der Waals surface area contributed by atoms with Crippen molar-refractivity contribution in [2.75, 3.05) is 18.5 Å². The van der Waals surface area contributed by atoms with E-state index in [0.717, 1.165) is 12.1 Å². The first-order chi connectivity index (χ1) is 12.5. The number of nitrogens with zero attached hydrogens (tertiary/aromatic N) is 1. The van der Waals surface area contributed by atoms with Crippen molar-refractivity contribution in [3.63, 3.8) is 0 Å². The number of aromatic amines is 1. The van der Waals surface area contributed by atoms with Gasteiger partial charge in [0.05, 0.1) is 23.9 Å². The molecule has 1 aromatic carbocycles. The highest BCUT2D eigenvalue weighted by atomic mass is 19.2. The molecule has 2 aromatic heterocycles. The summed E-state index contributed by atoms with van der Waals surface area (Å²) in [5.74, 6) is -3.33. The molecule has 0 saturated heterocycles. The molecule has 0 spiro atoms. The first kappa shape index (κ1) is 17.3. The van der Waals surface area contributed by atoms with Crippen LogP contribution in [0.5, 0.6) is 5.75 Å². The molecule has 2 heterocycles. The van der Waals surface area contributed by atoms with Gasteiger partial charge in [-0.2, -0.15) is 0 Å². The summed E-state index contributed by atoms with van der Waals surface area (Å²) in [5.41, 5.74) is 0.468. The van der Waals surface area contributed by atoms with Crippen LogP contribution in [-0.2, 0) is 9.59 Å². The summed E-state index contributed by atoms with van der Waals surface area (Å²) in [6.07, 6.45) is 4.47. The number of hydrogen-bond donors (Lipinski definition) is 3. The average Bonchev–Trinajstić information content (AvgIpc) is 3.01. The van der Waals surface area contributed by atoms with Crippen molar-refractivity contribution in [1.82, 2.24) is 15.3 Å². The highest BCUT2D eigenvalue weighted by molar-refractivity contribution is 6.40. The number of benzene rings is 1. The maximum atomic E-state index is 13.3. The molecule has 3 aromatic rings. The molecular weight excluding hydrogens is 346 g/mol. The van der Waals surface area contributed by atoms with Crippen molar-refractivity contribution >= 4 is 28.4 Å². The van der Waals surface area contributed by atoms with Crippen LogP contribution in [0, 0.1) is 11.6 Å². The number of fused-ring (bicyclic) bond motifs is 1. The van der Waals surface area contributed by atoms with Crippen LogP contribution < -0.4 is 15.4 Å². The number of hydrogen-bond acceptors (Lipinski definition) is 4. The summed E-state index contributed by atoms with van der Waals surface area (Å²) in [5, 5.41) is 5.00. The Morgan fingerprint density at radius 1 is 1.19 bits per heavy atom. The molecule has 0 fully saturated rings. The lowest BCUT2D eigenvalue weighted by Gasteiger charge is -2.07. The van der Waals surface area contributed by atoms with Gasteiger partial charge >= 0.3 is 11.8 Å². The first-order valence-electron chi connectivity index (χ1n) is 7.63. The van der Waals surface area contributed by atoms with E-state index in [2.05, 4.69) is 20.6 Å². The van der Waals surface area contributed by atoms with Gasteiger partial charge in [0.1, 0.15) is 12.4 Å². The summed E-state index contributed by atoms with van der Waals surface area (Å²) >= 11 is 0. The normalized spacial score (nSPS) is 10.5. The minimum atomic E-state index is -1.05. The molecule has 9 heteroatoms. The Morgan fingerprint density at radius 3 is 2.77 bits per heavy atom. The third-order valence-corrected chi connectivity index (χ3v) is 3.47. The van der Waals surface area contributed by atoms with Crippen LogP contribution in [0.4, 0.5) is 14.5 Å². The van der Waals surface area contributed by atoms with E-state index in [1.807, 2.05) is 0 Å². The number of carbonyl (C=O) groups excluding carboxylic acids is 2. The molecule has 0 aliphatic heterocycles. The standard InChI is InChI=1S/C17H14F2N4O3/c18-12-6-11-14(7-13(12)19)22-9-15(11)23-17(25)16(24)21-4-5-26-10-2-1-3-20-8-10/h1-3,6-9,22H,4-5H2,(H,21,24)(H,23,25). The van der Waals surface area contributed by atoms with Crippen molar-refractivity contribution in [3.05, 3.63) is 54.5 Å². The first-order valence-corrected chi connectivity index (χ1v) is 7.63. The lowest BCUT2D eigenvalue weighted by molar-refractivity contribution is -0.136. The van der Waals surface area contributed by atoms with E-state index >= 15 is 0 Å². The van der Waals surface area contributed by atoms with Crippen molar-refractivity contribution in [2.45, 2.75) is 0 Å². The number of ether oxygens (including phenoxy) is 1. The van der Waals surface area contributed by atoms with E-state index in [-0.39, 0.29) is 24.2 Å². The fourth-order valence-electron chi connectivity index (χ4n) is 2.25. The number of halogens is 2. The number of amides is 2. The van der Waals surface area contributed by atoms with Gasteiger partial charge in [-0.25, -0.2) is 8.78 Å². The van der Waals surface area contributed by atoms with Crippen LogP contribution in [0.3, 0.4) is 0 Å². The molecule has 134 valence electrons. The molecule has 0 saturated carbocycles. The van der Waals surface area contributed by atoms with Crippen molar-refractivity contribution in [1.29, 1.82) is 0 Å². The summed E-state index contributed by atoms with van der Waals surface area (Å²) < 4.78 is 31.9. The number of pyridine rings is 1. The van der Waals surface area contributed by atoms with Crippen molar-refractivity contribution in [3.8, 4) is 5.75 Å². The molecule has 0 bridgehead atoms. The predicted molar refractivity (Wildman–Crippen MR) is 89.6 cm³/mol. The van der Waals surface area contributed by atoms with E-state index in [1.54, 1.807) is 18.3 Å². The Labute approximate surface area is 146 Å². The van der Waals surface area contributed by atoms with E-state index in [0.29, 0.717) is 11.3 Å². The van der Waals surface area contributed by atoms with E-state index in [4.69, 9.17) is 4.74 Å². The molecule has 26 heavy (non-hydrogen) atoms. The Kier molecular flexibility index (Phi) is 5.07. The molecular formula is C17H14F2N4O3. The molecule has 0 radical (unpaired) electrons. The number of rotatable bonds is 5. The van der Waals surface area contributed by atoms with E-state index < -0.39 is 23.4 Å². The Hall–Kier alpha value is -3.49. The van der Waals surface area contributed by atoms with E-state index in [9.17, 15) is 18.4 Å². The topological polar surface area (TPSA) is 96.1 Å². The van der Waals surface area contributed by atoms with Gasteiger partial charge < -0.3 is 20.4 Å². The zero-order chi connectivity index (χ0) is 18.5. The van der Waals surface area contributed by atoms with Gasteiger partial charge in [-0.05, 0) is 18.2 Å². The van der Waals surface area contributed by atoms with Crippen LogP contribution in [0.15, 0.2) is 42.9 Å².